The second-order valence-corrected chi connectivity index (χ2v) is 5.07. The maximum atomic E-state index is 13.5. The first-order valence-corrected chi connectivity index (χ1v) is 6.91. The van der Waals surface area contributed by atoms with Gasteiger partial charge in [0.15, 0.2) is 0 Å². The molecule has 0 bridgehead atoms. The van der Waals surface area contributed by atoms with Crippen molar-refractivity contribution in [2.45, 2.75) is 25.5 Å². The molecule has 7 heteroatoms. The highest BCUT2D eigenvalue weighted by Crippen LogP contribution is 2.31. The lowest BCUT2D eigenvalue weighted by atomic mass is 10.2. The van der Waals surface area contributed by atoms with Crippen LogP contribution in [0.4, 0.5) is 15.9 Å². The normalized spacial score (nSPS) is 13.7. The number of anilines is 1. The fourth-order valence-corrected chi connectivity index (χ4v) is 1.96. The molecule has 6 nitrogen and oxygen atoms in total. The van der Waals surface area contributed by atoms with Gasteiger partial charge in [-0.15, -0.1) is 0 Å². The third-order valence-corrected chi connectivity index (χ3v) is 3.30. The predicted octanol–water partition coefficient (Wildman–Crippen LogP) is 3.28. The van der Waals surface area contributed by atoms with Gasteiger partial charge in [-0.2, -0.15) is 4.98 Å². The third-order valence-electron chi connectivity index (χ3n) is 3.30. The summed E-state index contributed by atoms with van der Waals surface area (Å²) in [4.78, 5) is 14.6. The zero-order chi connectivity index (χ0) is 15.5. The van der Waals surface area contributed by atoms with Gasteiger partial charge in [0.05, 0.1) is 4.92 Å². The SMILES string of the molecule is O=[N+]([O-])c1ccc(OCc2ccccc2F)nc1NC1CC1. The summed E-state index contributed by atoms with van der Waals surface area (Å²) in [5, 5.41) is 14.0. The molecule has 0 radical (unpaired) electrons. The first kappa shape index (κ1) is 14.2. The molecule has 0 spiro atoms. The van der Waals surface area contributed by atoms with Crippen molar-refractivity contribution < 1.29 is 14.1 Å². The Balaban J connectivity index is 1.76. The quantitative estimate of drug-likeness (QED) is 0.654. The molecule has 1 N–H and O–H groups in total. The number of nitro groups is 1. The van der Waals surface area contributed by atoms with Crippen molar-refractivity contribution in [2.24, 2.45) is 0 Å². The Labute approximate surface area is 126 Å². The van der Waals surface area contributed by atoms with E-state index >= 15 is 0 Å². The summed E-state index contributed by atoms with van der Waals surface area (Å²) in [6, 6.07) is 9.26. The highest BCUT2D eigenvalue weighted by Gasteiger charge is 2.26. The highest BCUT2D eigenvalue weighted by molar-refractivity contribution is 5.58. The molecule has 1 aliphatic carbocycles. The molecule has 1 saturated carbocycles. The number of pyridine rings is 1. The van der Waals surface area contributed by atoms with Crippen LogP contribution in [-0.4, -0.2) is 15.9 Å². The standard InChI is InChI=1S/C15H14FN3O3/c16-12-4-2-1-3-10(12)9-22-14-8-7-13(19(20)21)15(18-14)17-11-5-6-11/h1-4,7-8,11H,5-6,9H2,(H,17,18). The molecule has 114 valence electrons. The van der Waals surface area contributed by atoms with E-state index < -0.39 is 4.92 Å². The van der Waals surface area contributed by atoms with E-state index in [1.165, 1.54) is 18.2 Å². The van der Waals surface area contributed by atoms with Crippen LogP contribution >= 0.6 is 0 Å². The monoisotopic (exact) mass is 303 g/mol. The van der Waals surface area contributed by atoms with Gasteiger partial charge >= 0.3 is 5.69 Å². The second-order valence-electron chi connectivity index (χ2n) is 5.07. The molecule has 0 aliphatic heterocycles. The summed E-state index contributed by atoms with van der Waals surface area (Å²) >= 11 is 0. The zero-order valence-corrected chi connectivity index (χ0v) is 11.7. The molecule has 1 aromatic heterocycles. The predicted molar refractivity (Wildman–Crippen MR) is 78.3 cm³/mol. The van der Waals surface area contributed by atoms with E-state index in [0.29, 0.717) is 5.56 Å². The van der Waals surface area contributed by atoms with Gasteiger partial charge in [-0.25, -0.2) is 4.39 Å². The van der Waals surface area contributed by atoms with E-state index in [9.17, 15) is 14.5 Å². The summed E-state index contributed by atoms with van der Waals surface area (Å²) in [5.74, 6) is 0.0521. The van der Waals surface area contributed by atoms with E-state index in [2.05, 4.69) is 10.3 Å². The lowest BCUT2D eigenvalue weighted by molar-refractivity contribution is -0.384. The lowest BCUT2D eigenvalue weighted by Crippen LogP contribution is -2.08. The summed E-state index contributed by atoms with van der Waals surface area (Å²) in [6.45, 7) is 0.0142. The maximum Gasteiger partial charge on any atom is 0.311 e. The van der Waals surface area contributed by atoms with Crippen LogP contribution in [0.2, 0.25) is 0 Å². The molecule has 1 aromatic carbocycles. The first-order valence-electron chi connectivity index (χ1n) is 6.91. The van der Waals surface area contributed by atoms with Crippen molar-refractivity contribution in [2.75, 3.05) is 5.32 Å². The number of aromatic nitrogens is 1. The molecule has 1 heterocycles. The average Bonchev–Trinajstić information content (AvgIpc) is 3.30. The van der Waals surface area contributed by atoms with E-state index in [1.54, 1.807) is 18.2 Å². The van der Waals surface area contributed by atoms with Crippen LogP contribution in [-0.2, 0) is 6.61 Å². The van der Waals surface area contributed by atoms with Crippen molar-refractivity contribution in [3.63, 3.8) is 0 Å². The fraction of sp³-hybridized carbons (Fsp3) is 0.267. The second kappa shape index (κ2) is 5.97. The van der Waals surface area contributed by atoms with Gasteiger partial charge in [0.1, 0.15) is 12.4 Å². The summed E-state index contributed by atoms with van der Waals surface area (Å²) in [7, 11) is 0. The number of hydrogen-bond donors (Lipinski definition) is 1. The third kappa shape index (κ3) is 3.30. The fourth-order valence-electron chi connectivity index (χ4n) is 1.96. The number of rotatable bonds is 6. The molecule has 1 aliphatic rings. The minimum Gasteiger partial charge on any atom is -0.473 e. The first-order chi connectivity index (χ1) is 10.6. The van der Waals surface area contributed by atoms with Gasteiger partial charge < -0.3 is 10.1 Å². The van der Waals surface area contributed by atoms with Gasteiger partial charge in [0, 0.05) is 23.7 Å². The Morgan fingerprint density at radius 2 is 2.09 bits per heavy atom. The summed E-state index contributed by atoms with van der Waals surface area (Å²) in [6.07, 6.45) is 1.94. The van der Waals surface area contributed by atoms with Crippen LogP contribution in [0.1, 0.15) is 18.4 Å². The van der Waals surface area contributed by atoms with E-state index in [4.69, 9.17) is 4.74 Å². The van der Waals surface area contributed by atoms with Crippen LogP contribution in [0.15, 0.2) is 36.4 Å². The molecule has 3 rings (SSSR count). The molecule has 22 heavy (non-hydrogen) atoms. The van der Waals surface area contributed by atoms with Crippen molar-refractivity contribution in [1.82, 2.24) is 4.98 Å². The molecule has 2 aromatic rings. The van der Waals surface area contributed by atoms with Crippen molar-refractivity contribution in [3.05, 3.63) is 57.9 Å². The minimum atomic E-state index is -0.488. The Kier molecular flexibility index (Phi) is 3.86. The van der Waals surface area contributed by atoms with Gasteiger partial charge in [0.25, 0.3) is 0 Å². The highest BCUT2D eigenvalue weighted by atomic mass is 19.1. The maximum absolute atomic E-state index is 13.5. The zero-order valence-electron chi connectivity index (χ0n) is 11.7. The Bertz CT molecular complexity index is 704. The van der Waals surface area contributed by atoms with Crippen molar-refractivity contribution in [3.8, 4) is 5.88 Å². The molecule has 0 atom stereocenters. The number of benzene rings is 1. The molecule has 0 amide bonds. The Hall–Kier alpha value is -2.70. The molecule has 0 saturated heterocycles. The van der Waals surface area contributed by atoms with Gasteiger partial charge in [0.2, 0.25) is 11.7 Å². The van der Waals surface area contributed by atoms with Crippen LogP contribution < -0.4 is 10.1 Å². The number of hydrogen-bond acceptors (Lipinski definition) is 5. The Morgan fingerprint density at radius 3 is 2.77 bits per heavy atom. The van der Waals surface area contributed by atoms with Crippen LogP contribution in [0.25, 0.3) is 0 Å². The number of nitrogens with zero attached hydrogens (tertiary/aromatic N) is 2. The summed E-state index contributed by atoms with van der Waals surface area (Å²) in [5.41, 5.74) is 0.310. The number of nitrogens with one attached hydrogen (secondary N) is 1. The molecule has 1 fully saturated rings. The topological polar surface area (TPSA) is 77.3 Å². The summed E-state index contributed by atoms with van der Waals surface area (Å²) < 4.78 is 19.0. The van der Waals surface area contributed by atoms with Crippen LogP contribution in [0, 0.1) is 15.9 Å². The Morgan fingerprint density at radius 1 is 1.32 bits per heavy atom. The van der Waals surface area contributed by atoms with Crippen LogP contribution in [0.3, 0.4) is 0 Å². The van der Waals surface area contributed by atoms with Gasteiger partial charge in [-0.05, 0) is 18.9 Å². The van der Waals surface area contributed by atoms with Crippen molar-refractivity contribution in [1.29, 1.82) is 0 Å². The van der Waals surface area contributed by atoms with Crippen molar-refractivity contribution >= 4 is 11.5 Å². The van der Waals surface area contributed by atoms with E-state index in [0.717, 1.165) is 12.8 Å². The number of ether oxygens (including phenoxy) is 1. The molecular weight excluding hydrogens is 289 g/mol. The number of halogens is 1. The van der Waals surface area contributed by atoms with Crippen LogP contribution in [0.5, 0.6) is 5.88 Å². The molecular formula is C15H14FN3O3. The largest absolute Gasteiger partial charge is 0.473 e. The van der Waals surface area contributed by atoms with Gasteiger partial charge in [-0.1, -0.05) is 18.2 Å². The van der Waals surface area contributed by atoms with E-state index in [-0.39, 0.29) is 35.9 Å². The van der Waals surface area contributed by atoms with Gasteiger partial charge in [-0.3, -0.25) is 10.1 Å². The lowest BCUT2D eigenvalue weighted by Gasteiger charge is -2.09. The van der Waals surface area contributed by atoms with E-state index in [1.807, 2.05) is 0 Å². The molecule has 0 unspecified atom stereocenters. The minimum absolute atomic E-state index is 0.0142. The average molecular weight is 303 g/mol. The smallest absolute Gasteiger partial charge is 0.311 e.